The van der Waals surface area contributed by atoms with Crippen LogP contribution in [0, 0.1) is 5.92 Å². The molecule has 0 bridgehead atoms. The smallest absolute Gasteiger partial charge is 0.268 e. The molecule has 7 heteroatoms. The summed E-state index contributed by atoms with van der Waals surface area (Å²) in [7, 11) is 1.52. The number of carbonyl (C=O) groups is 1. The molecule has 0 aromatic heterocycles. The summed E-state index contributed by atoms with van der Waals surface area (Å²) in [4.78, 5) is 19.1. The Morgan fingerprint density at radius 3 is 2.64 bits per heavy atom. The molecule has 1 unspecified atom stereocenters. The van der Waals surface area contributed by atoms with E-state index in [0.29, 0.717) is 30.0 Å². The molecular formula is C21H31N3O3S. The Hall–Kier alpha value is -1.99. The fraction of sp³-hybridized carbons (Fsp3) is 0.571. The molecule has 1 amide bonds. The minimum absolute atomic E-state index is 0.201. The molecule has 3 N–H and O–H groups in total. The summed E-state index contributed by atoms with van der Waals surface area (Å²) in [5.74, 6) is -0.0456. The molecule has 0 saturated heterocycles. The van der Waals surface area contributed by atoms with E-state index >= 15 is 0 Å². The van der Waals surface area contributed by atoms with Gasteiger partial charge in [-0.3, -0.25) is 4.79 Å². The van der Waals surface area contributed by atoms with Crippen LogP contribution >= 0.6 is 12.2 Å². The van der Waals surface area contributed by atoms with Gasteiger partial charge in [0.15, 0.2) is 5.05 Å². The van der Waals surface area contributed by atoms with E-state index in [9.17, 15) is 4.79 Å². The predicted molar refractivity (Wildman–Crippen MR) is 115 cm³/mol. The molecule has 1 aromatic rings. The number of hydrogen-bond acceptors (Lipinski definition) is 6. The highest BCUT2D eigenvalue weighted by Gasteiger charge is 2.48. The Kier molecular flexibility index (Phi) is 7.95. The van der Waals surface area contributed by atoms with Gasteiger partial charge in [-0.05, 0) is 30.1 Å². The van der Waals surface area contributed by atoms with Gasteiger partial charge in [-0.1, -0.05) is 62.7 Å². The van der Waals surface area contributed by atoms with Gasteiger partial charge in [-0.15, -0.1) is 0 Å². The van der Waals surface area contributed by atoms with Gasteiger partial charge < -0.3 is 20.6 Å². The summed E-state index contributed by atoms with van der Waals surface area (Å²) in [6.07, 6.45) is 2.31. The van der Waals surface area contributed by atoms with Gasteiger partial charge in [0.05, 0.1) is 18.9 Å². The zero-order valence-corrected chi connectivity index (χ0v) is 17.9. The first kappa shape index (κ1) is 22.3. The average molecular weight is 406 g/mol. The van der Waals surface area contributed by atoms with Crippen LogP contribution in [0.3, 0.4) is 0 Å². The third-order valence-corrected chi connectivity index (χ3v) is 5.47. The van der Waals surface area contributed by atoms with Crippen LogP contribution < -0.4 is 11.1 Å². The minimum Gasteiger partial charge on any atom is -0.488 e. The number of carbonyl (C=O) groups excluding carboxylic acids is 1. The standard InChI is InChI=1S/C21H31N3O3S/c1-5-9-16(19(28)26-4)23-20(25)21(12-15-10-7-6-8-11-15)13-17(24-27-21)18(22)14(2)3/h6-8,10-11,14,16,18H,5,9,12-13,22H2,1-4H3,(H,23,25)/t16-,18-,21?/m0/s1. The molecule has 0 radical (unpaired) electrons. The number of thiocarbonyl (C=S) groups is 1. The molecule has 6 nitrogen and oxygen atoms in total. The Labute approximate surface area is 172 Å². The summed E-state index contributed by atoms with van der Waals surface area (Å²) in [5, 5.41) is 7.59. The van der Waals surface area contributed by atoms with Gasteiger partial charge >= 0.3 is 0 Å². The van der Waals surface area contributed by atoms with Crippen LogP contribution in [0.2, 0.25) is 0 Å². The second-order valence-corrected chi connectivity index (χ2v) is 8.02. The number of nitrogens with one attached hydrogen (secondary N) is 1. The fourth-order valence-corrected chi connectivity index (χ4v) is 3.44. The van der Waals surface area contributed by atoms with Gasteiger partial charge in [-0.25, -0.2) is 0 Å². The van der Waals surface area contributed by atoms with Crippen molar-refractivity contribution in [3.05, 3.63) is 35.9 Å². The van der Waals surface area contributed by atoms with E-state index in [1.165, 1.54) is 7.11 Å². The molecule has 0 fully saturated rings. The molecule has 1 aliphatic heterocycles. The van der Waals surface area contributed by atoms with Crippen molar-refractivity contribution in [2.75, 3.05) is 7.11 Å². The lowest BCUT2D eigenvalue weighted by molar-refractivity contribution is -0.144. The van der Waals surface area contributed by atoms with Crippen molar-refractivity contribution < 1.29 is 14.4 Å². The molecule has 0 saturated carbocycles. The Bertz CT molecular complexity index is 708. The van der Waals surface area contributed by atoms with Gasteiger partial charge in [-0.2, -0.15) is 0 Å². The Morgan fingerprint density at radius 2 is 2.07 bits per heavy atom. The minimum atomic E-state index is -1.14. The highest BCUT2D eigenvalue weighted by molar-refractivity contribution is 7.80. The molecule has 1 heterocycles. The van der Waals surface area contributed by atoms with Crippen LogP contribution in [0.5, 0.6) is 0 Å². The SMILES string of the molecule is CCC[C@H](NC(=O)C1(Cc2ccccc2)CC([C@@H](N)C(C)C)=NO1)C(=S)OC. The largest absolute Gasteiger partial charge is 0.488 e. The molecule has 3 atom stereocenters. The average Bonchev–Trinajstić information content (AvgIpc) is 3.12. The molecule has 0 aliphatic carbocycles. The summed E-state index contributed by atoms with van der Waals surface area (Å²) < 4.78 is 5.20. The van der Waals surface area contributed by atoms with Crippen molar-refractivity contribution in [1.82, 2.24) is 5.32 Å². The van der Waals surface area contributed by atoms with Gasteiger partial charge in [0.1, 0.15) is 0 Å². The highest BCUT2D eigenvalue weighted by Crippen LogP contribution is 2.31. The molecule has 2 rings (SSSR count). The quantitative estimate of drug-likeness (QED) is 0.617. The second-order valence-electron chi connectivity index (χ2n) is 7.62. The summed E-state index contributed by atoms with van der Waals surface area (Å²) in [6.45, 7) is 6.09. The molecule has 1 aromatic carbocycles. The van der Waals surface area contributed by atoms with Crippen molar-refractivity contribution in [1.29, 1.82) is 0 Å². The Morgan fingerprint density at radius 1 is 1.39 bits per heavy atom. The zero-order valence-electron chi connectivity index (χ0n) is 17.1. The second kappa shape index (κ2) is 9.98. The van der Waals surface area contributed by atoms with E-state index in [4.69, 9.17) is 27.5 Å². The van der Waals surface area contributed by atoms with E-state index in [-0.39, 0.29) is 23.9 Å². The number of ether oxygens (including phenoxy) is 1. The van der Waals surface area contributed by atoms with E-state index in [1.807, 2.05) is 51.1 Å². The lowest BCUT2D eigenvalue weighted by Crippen LogP contribution is -2.54. The van der Waals surface area contributed by atoms with Crippen LogP contribution in [0.1, 0.15) is 45.6 Å². The van der Waals surface area contributed by atoms with Crippen LogP contribution in [0.4, 0.5) is 0 Å². The van der Waals surface area contributed by atoms with E-state index < -0.39 is 5.60 Å². The number of rotatable bonds is 9. The number of oxime groups is 1. The number of benzene rings is 1. The lowest BCUT2D eigenvalue weighted by Gasteiger charge is -2.29. The normalized spacial score (nSPS) is 20.9. The number of hydrogen-bond donors (Lipinski definition) is 2. The number of amides is 1. The first-order valence-corrected chi connectivity index (χ1v) is 10.2. The van der Waals surface area contributed by atoms with Crippen LogP contribution in [0.15, 0.2) is 35.5 Å². The number of methoxy groups -OCH3 is 1. The first-order valence-electron chi connectivity index (χ1n) is 9.76. The maximum absolute atomic E-state index is 13.3. The zero-order chi connectivity index (χ0) is 20.7. The summed E-state index contributed by atoms with van der Waals surface area (Å²) in [5.41, 5.74) is 6.84. The highest BCUT2D eigenvalue weighted by atomic mass is 32.1. The third-order valence-electron chi connectivity index (χ3n) is 5.02. The van der Waals surface area contributed by atoms with E-state index in [0.717, 1.165) is 12.0 Å². The third kappa shape index (κ3) is 5.29. The van der Waals surface area contributed by atoms with Gasteiger partial charge in [0.2, 0.25) is 5.60 Å². The van der Waals surface area contributed by atoms with Crippen molar-refractivity contribution in [2.24, 2.45) is 16.8 Å². The van der Waals surface area contributed by atoms with Gasteiger partial charge in [0.25, 0.3) is 5.91 Å². The maximum Gasteiger partial charge on any atom is 0.268 e. The molecular weight excluding hydrogens is 374 g/mol. The van der Waals surface area contributed by atoms with Crippen molar-refractivity contribution in [3.8, 4) is 0 Å². The fourth-order valence-electron chi connectivity index (χ4n) is 3.26. The monoisotopic (exact) mass is 405 g/mol. The van der Waals surface area contributed by atoms with Crippen LogP contribution in [-0.2, 0) is 20.8 Å². The van der Waals surface area contributed by atoms with Crippen molar-refractivity contribution in [2.45, 2.75) is 64.1 Å². The topological polar surface area (TPSA) is 85.9 Å². The lowest BCUT2D eigenvalue weighted by atomic mass is 9.85. The van der Waals surface area contributed by atoms with Gasteiger partial charge in [0, 0.05) is 18.9 Å². The first-order chi connectivity index (χ1) is 13.3. The predicted octanol–water partition coefficient (Wildman–Crippen LogP) is 2.99. The number of nitrogens with two attached hydrogens (primary N) is 1. The maximum atomic E-state index is 13.3. The van der Waals surface area contributed by atoms with Crippen molar-refractivity contribution in [3.63, 3.8) is 0 Å². The molecule has 0 spiro atoms. The molecule has 1 aliphatic rings. The Balaban J connectivity index is 2.26. The summed E-state index contributed by atoms with van der Waals surface area (Å²) in [6, 6.07) is 9.17. The van der Waals surface area contributed by atoms with Crippen molar-refractivity contribution >= 4 is 28.9 Å². The van der Waals surface area contributed by atoms with Crippen LogP contribution in [0.25, 0.3) is 0 Å². The van der Waals surface area contributed by atoms with E-state index in [2.05, 4.69) is 10.5 Å². The molecule has 154 valence electrons. The van der Waals surface area contributed by atoms with Crippen LogP contribution in [-0.4, -0.2) is 41.5 Å². The number of nitrogens with zero attached hydrogens (tertiary/aromatic N) is 1. The molecule has 28 heavy (non-hydrogen) atoms. The van der Waals surface area contributed by atoms with E-state index in [1.54, 1.807) is 0 Å². The summed E-state index contributed by atoms with van der Waals surface area (Å²) >= 11 is 5.27.